The molecule has 0 aliphatic carbocycles. The molecule has 0 aliphatic rings. The predicted octanol–water partition coefficient (Wildman–Crippen LogP) is 5.39. The molecule has 0 nitrogen and oxygen atoms in total. The minimum absolute atomic E-state index is 0.995. The predicted molar refractivity (Wildman–Crippen MR) is 87.4 cm³/mol. The van der Waals surface area contributed by atoms with Crippen LogP contribution in [0.15, 0.2) is 60.7 Å². The fraction of sp³-hybridized carbons (Fsp3) is 0.250. The molecule has 0 N–H and O–H groups in total. The molecule has 0 heterocycles. The summed E-state index contributed by atoms with van der Waals surface area (Å²) in [5.74, 6) is 0. The normalized spacial score (nSPS) is 11.5. The molecule has 0 unspecified atom stereocenters. The van der Waals surface area contributed by atoms with Gasteiger partial charge in [0.05, 0.1) is 0 Å². The monoisotopic (exact) mass is 400 g/mol. The van der Waals surface area contributed by atoms with E-state index in [1.807, 2.05) is 12.1 Å². The first-order chi connectivity index (χ1) is 9.16. The molecule has 0 saturated heterocycles. The van der Waals surface area contributed by atoms with Gasteiger partial charge in [0.1, 0.15) is 0 Å². The molecule has 0 bridgehead atoms. The molecule has 3 heteroatoms. The summed E-state index contributed by atoms with van der Waals surface area (Å²) >= 11 is -2.88. The van der Waals surface area contributed by atoms with Crippen molar-refractivity contribution >= 4 is 34.0 Å². The van der Waals surface area contributed by atoms with Crippen LogP contribution in [0.5, 0.6) is 0 Å². The Hall–Kier alpha value is -0.181. The van der Waals surface area contributed by atoms with Crippen molar-refractivity contribution in [3.63, 3.8) is 0 Å². The molecule has 2 aromatic carbocycles. The number of hydrogen-bond donors (Lipinski definition) is 0. The Kier molecular flexibility index (Phi) is 6.05. The number of aryl methyl sites for hydroxylation is 2. The van der Waals surface area contributed by atoms with Crippen LogP contribution in [0.3, 0.4) is 0 Å². The third-order valence-electron chi connectivity index (χ3n) is 3.24. The Morgan fingerprint density at radius 1 is 0.632 bits per heavy atom. The van der Waals surface area contributed by atoms with Gasteiger partial charge in [-0.25, -0.2) is 0 Å². The van der Waals surface area contributed by atoms with Crippen LogP contribution in [-0.4, -0.2) is 16.1 Å². The molecule has 0 saturated carbocycles. The van der Waals surface area contributed by atoms with Gasteiger partial charge in [-0.2, -0.15) is 0 Å². The van der Waals surface area contributed by atoms with Gasteiger partial charge in [-0.3, -0.25) is 0 Å². The molecule has 0 spiro atoms. The molecule has 0 atom stereocenters. The van der Waals surface area contributed by atoms with Crippen LogP contribution in [0, 0.1) is 0 Å². The van der Waals surface area contributed by atoms with E-state index >= 15 is 0 Å². The first-order valence-electron chi connectivity index (χ1n) is 6.61. The molecular weight excluding hydrogens is 382 g/mol. The van der Waals surface area contributed by atoms with Crippen molar-refractivity contribution < 1.29 is 0 Å². The van der Waals surface area contributed by atoms with Gasteiger partial charge in [0.2, 0.25) is 0 Å². The molecule has 2 rings (SSSR count). The van der Waals surface area contributed by atoms with E-state index in [1.54, 1.807) is 0 Å². The van der Waals surface area contributed by atoms with Crippen LogP contribution >= 0.6 is 17.8 Å². The van der Waals surface area contributed by atoms with Crippen LogP contribution in [0.4, 0.5) is 0 Å². The third-order valence-corrected chi connectivity index (χ3v) is 13.9. The molecule has 100 valence electrons. The zero-order chi connectivity index (χ0) is 13.6. The minimum atomic E-state index is -2.88. The maximum absolute atomic E-state index is 6.61. The Morgan fingerprint density at radius 3 is 1.37 bits per heavy atom. The molecule has 0 radical (unpaired) electrons. The molecule has 0 aliphatic heterocycles. The first kappa shape index (κ1) is 15.2. The van der Waals surface area contributed by atoms with Crippen molar-refractivity contribution in [1.82, 2.24) is 0 Å². The molecular formula is C16H18Cl2Sn. The van der Waals surface area contributed by atoms with Gasteiger partial charge in [0.25, 0.3) is 0 Å². The summed E-state index contributed by atoms with van der Waals surface area (Å²) < 4.78 is 1.99. The molecule has 0 amide bonds. The first-order valence-corrected chi connectivity index (χ1v) is 17.9. The summed E-state index contributed by atoms with van der Waals surface area (Å²) in [5.41, 5.74) is 2.68. The Bertz CT molecular complexity index is 437. The summed E-state index contributed by atoms with van der Waals surface area (Å²) in [6.45, 7) is 0. The van der Waals surface area contributed by atoms with Gasteiger partial charge in [0.15, 0.2) is 0 Å². The van der Waals surface area contributed by atoms with E-state index in [2.05, 4.69) is 48.5 Å². The second kappa shape index (κ2) is 7.56. The second-order valence-electron chi connectivity index (χ2n) is 4.83. The number of rotatable bonds is 6. The second-order valence-corrected chi connectivity index (χ2v) is 23.6. The maximum atomic E-state index is 6.61. The van der Waals surface area contributed by atoms with Crippen molar-refractivity contribution in [1.29, 1.82) is 0 Å². The van der Waals surface area contributed by atoms with Gasteiger partial charge in [-0.05, 0) is 0 Å². The van der Waals surface area contributed by atoms with Crippen LogP contribution in [0.2, 0.25) is 8.87 Å². The Balaban J connectivity index is 1.82. The van der Waals surface area contributed by atoms with Crippen LogP contribution in [0.1, 0.15) is 11.1 Å². The van der Waals surface area contributed by atoms with E-state index in [4.69, 9.17) is 17.8 Å². The third kappa shape index (κ3) is 5.76. The van der Waals surface area contributed by atoms with Crippen LogP contribution in [-0.2, 0) is 12.8 Å². The van der Waals surface area contributed by atoms with Gasteiger partial charge >= 0.3 is 127 Å². The topological polar surface area (TPSA) is 0 Å². The summed E-state index contributed by atoms with van der Waals surface area (Å²) in [7, 11) is 13.2. The summed E-state index contributed by atoms with van der Waals surface area (Å²) in [6.07, 6.45) is 2.03. The van der Waals surface area contributed by atoms with Gasteiger partial charge in [0, 0.05) is 0 Å². The van der Waals surface area contributed by atoms with Crippen LogP contribution < -0.4 is 0 Å². The number of benzene rings is 2. The zero-order valence-electron chi connectivity index (χ0n) is 10.9. The number of halogens is 2. The quantitative estimate of drug-likeness (QED) is 0.571. The molecule has 0 aromatic heterocycles. The van der Waals surface area contributed by atoms with Crippen molar-refractivity contribution in [2.75, 3.05) is 0 Å². The van der Waals surface area contributed by atoms with E-state index in [0.29, 0.717) is 0 Å². The molecule has 19 heavy (non-hydrogen) atoms. The van der Waals surface area contributed by atoms with Crippen LogP contribution in [0.25, 0.3) is 0 Å². The fourth-order valence-electron chi connectivity index (χ4n) is 2.07. The van der Waals surface area contributed by atoms with Crippen molar-refractivity contribution in [2.45, 2.75) is 21.7 Å². The average molecular weight is 400 g/mol. The van der Waals surface area contributed by atoms with E-state index in [1.165, 1.54) is 11.1 Å². The van der Waals surface area contributed by atoms with Gasteiger partial charge in [-0.15, -0.1) is 0 Å². The van der Waals surface area contributed by atoms with E-state index < -0.39 is 16.1 Å². The van der Waals surface area contributed by atoms with Crippen molar-refractivity contribution in [3.05, 3.63) is 71.8 Å². The van der Waals surface area contributed by atoms with E-state index in [9.17, 15) is 0 Å². The van der Waals surface area contributed by atoms with Gasteiger partial charge < -0.3 is 0 Å². The summed E-state index contributed by atoms with van der Waals surface area (Å²) in [5, 5.41) is 0. The Labute approximate surface area is 127 Å². The Morgan fingerprint density at radius 2 is 1.00 bits per heavy atom. The SMILES string of the molecule is [Cl][Sn]([Cl])([CH2]Cc1ccccc1)[CH2]Cc1ccccc1. The van der Waals surface area contributed by atoms with Crippen molar-refractivity contribution in [2.24, 2.45) is 0 Å². The fourth-order valence-corrected chi connectivity index (χ4v) is 9.05. The average Bonchev–Trinajstić information content (AvgIpc) is 2.46. The van der Waals surface area contributed by atoms with Crippen molar-refractivity contribution in [3.8, 4) is 0 Å². The molecule has 0 fully saturated rings. The van der Waals surface area contributed by atoms with Gasteiger partial charge in [-0.1, -0.05) is 0 Å². The number of hydrogen-bond acceptors (Lipinski definition) is 0. The zero-order valence-corrected chi connectivity index (χ0v) is 15.2. The standard InChI is InChI=1S/2C8H9.2ClH.Sn/c2*1-2-8-6-4-3-5-7-8;;;/h2*3-7H,1-2H2;2*1H;/q;;;;+2/p-2. The van der Waals surface area contributed by atoms with E-state index in [-0.39, 0.29) is 0 Å². The van der Waals surface area contributed by atoms with E-state index in [0.717, 1.165) is 21.7 Å². The summed E-state index contributed by atoms with van der Waals surface area (Å²) in [6, 6.07) is 20.9. The molecule has 2 aromatic rings. The summed E-state index contributed by atoms with van der Waals surface area (Å²) in [4.78, 5) is 0.